The molecular weight excluding hydrogens is 354 g/mol. The Labute approximate surface area is 160 Å². The monoisotopic (exact) mass is 369 g/mol. The van der Waals surface area contributed by atoms with E-state index in [-0.39, 0.29) is 16.8 Å². The topological polar surface area (TPSA) is 88.9 Å². The fourth-order valence-corrected chi connectivity index (χ4v) is 3.26. The van der Waals surface area contributed by atoms with Crippen LogP contribution in [0.2, 0.25) is 0 Å². The lowest BCUT2D eigenvalue weighted by Gasteiger charge is -2.14. The van der Waals surface area contributed by atoms with E-state index in [0.29, 0.717) is 16.8 Å². The number of rotatable bonds is 4. The van der Waals surface area contributed by atoms with Crippen molar-refractivity contribution in [3.05, 3.63) is 106 Å². The number of benzene rings is 2. The van der Waals surface area contributed by atoms with Crippen molar-refractivity contribution in [1.82, 2.24) is 9.97 Å². The second-order valence-electron chi connectivity index (χ2n) is 6.14. The molecule has 0 spiro atoms. The number of nitro benzene ring substituents is 1. The van der Waals surface area contributed by atoms with Crippen LogP contribution in [0.3, 0.4) is 0 Å². The molecule has 0 saturated heterocycles. The smallest absolute Gasteiger partial charge is 0.277 e. The molecule has 1 N–H and O–H groups in total. The van der Waals surface area contributed by atoms with E-state index >= 15 is 0 Å². The Morgan fingerprint density at radius 3 is 2.25 bits per heavy atom. The van der Waals surface area contributed by atoms with Gasteiger partial charge in [0, 0.05) is 29.6 Å². The molecule has 0 aliphatic heterocycles. The van der Waals surface area contributed by atoms with Crippen molar-refractivity contribution in [2.24, 2.45) is 0 Å². The van der Waals surface area contributed by atoms with Crippen molar-refractivity contribution >= 4 is 5.69 Å². The fraction of sp³-hybridized carbons (Fsp3) is 0. The first-order chi connectivity index (χ1) is 13.7. The third kappa shape index (κ3) is 3.07. The second kappa shape index (κ2) is 7.28. The van der Waals surface area contributed by atoms with E-state index in [1.54, 1.807) is 36.7 Å². The molecular formula is C22H15N3O3. The van der Waals surface area contributed by atoms with Gasteiger partial charge in [-0.15, -0.1) is 0 Å². The van der Waals surface area contributed by atoms with Gasteiger partial charge in [0.2, 0.25) is 0 Å². The predicted molar refractivity (Wildman–Crippen MR) is 108 cm³/mol. The summed E-state index contributed by atoms with van der Waals surface area (Å²) < 4.78 is 0. The fourth-order valence-electron chi connectivity index (χ4n) is 3.26. The van der Waals surface area contributed by atoms with Crippen LogP contribution in [0.25, 0.3) is 33.5 Å². The van der Waals surface area contributed by atoms with Gasteiger partial charge in [0.05, 0.1) is 21.7 Å². The Hall–Kier alpha value is -4.06. The van der Waals surface area contributed by atoms with Gasteiger partial charge in [-0.2, -0.15) is 0 Å². The lowest BCUT2D eigenvalue weighted by molar-refractivity contribution is -0.384. The van der Waals surface area contributed by atoms with Gasteiger partial charge < -0.3 is 4.98 Å². The average Bonchev–Trinajstić information content (AvgIpc) is 2.74. The Morgan fingerprint density at radius 2 is 1.54 bits per heavy atom. The summed E-state index contributed by atoms with van der Waals surface area (Å²) in [4.78, 5) is 31.1. The SMILES string of the molecule is O=c1[nH]cc(-c2ccccn2)c(-c2ccccc2)c1-c1ccccc1[N+](=O)[O-]. The molecule has 2 aromatic heterocycles. The van der Waals surface area contributed by atoms with Gasteiger partial charge in [0.15, 0.2) is 0 Å². The van der Waals surface area contributed by atoms with Crippen LogP contribution in [0.4, 0.5) is 5.69 Å². The van der Waals surface area contributed by atoms with E-state index in [1.807, 2.05) is 42.5 Å². The third-order valence-electron chi connectivity index (χ3n) is 4.47. The lowest BCUT2D eigenvalue weighted by Crippen LogP contribution is -2.12. The van der Waals surface area contributed by atoms with Crippen LogP contribution in [-0.4, -0.2) is 14.9 Å². The van der Waals surface area contributed by atoms with Crippen LogP contribution in [-0.2, 0) is 0 Å². The van der Waals surface area contributed by atoms with Gasteiger partial charge in [-0.1, -0.05) is 48.5 Å². The van der Waals surface area contributed by atoms with Gasteiger partial charge in [-0.25, -0.2) is 0 Å². The highest BCUT2D eigenvalue weighted by molar-refractivity contribution is 5.94. The maximum Gasteiger partial charge on any atom is 0.277 e. The molecule has 0 amide bonds. The Bertz CT molecular complexity index is 1200. The van der Waals surface area contributed by atoms with Crippen molar-refractivity contribution in [3.8, 4) is 33.5 Å². The molecule has 4 rings (SSSR count). The number of hydrogen-bond donors (Lipinski definition) is 1. The number of aromatic nitrogens is 2. The largest absolute Gasteiger partial charge is 0.328 e. The van der Waals surface area contributed by atoms with E-state index in [1.165, 1.54) is 6.07 Å². The Balaban J connectivity index is 2.13. The van der Waals surface area contributed by atoms with Gasteiger partial charge >= 0.3 is 0 Å². The van der Waals surface area contributed by atoms with Crippen molar-refractivity contribution in [3.63, 3.8) is 0 Å². The molecule has 0 atom stereocenters. The van der Waals surface area contributed by atoms with E-state index in [2.05, 4.69) is 9.97 Å². The van der Waals surface area contributed by atoms with Crippen molar-refractivity contribution < 1.29 is 4.92 Å². The molecule has 6 heteroatoms. The minimum absolute atomic E-state index is 0.122. The zero-order valence-corrected chi connectivity index (χ0v) is 14.7. The van der Waals surface area contributed by atoms with Gasteiger partial charge in [-0.3, -0.25) is 19.9 Å². The molecule has 0 saturated carbocycles. The van der Waals surface area contributed by atoms with Crippen LogP contribution in [0.1, 0.15) is 0 Å². The molecule has 0 radical (unpaired) electrons. The minimum atomic E-state index is -0.475. The molecule has 0 aliphatic carbocycles. The zero-order chi connectivity index (χ0) is 19.5. The van der Waals surface area contributed by atoms with Crippen molar-refractivity contribution in [2.75, 3.05) is 0 Å². The number of nitrogens with one attached hydrogen (secondary N) is 1. The van der Waals surface area contributed by atoms with Crippen molar-refractivity contribution in [2.45, 2.75) is 0 Å². The lowest BCUT2D eigenvalue weighted by atomic mass is 9.90. The summed E-state index contributed by atoms with van der Waals surface area (Å²) >= 11 is 0. The summed E-state index contributed by atoms with van der Waals surface area (Å²) in [5.74, 6) is 0. The molecule has 0 fully saturated rings. The summed E-state index contributed by atoms with van der Waals surface area (Å²) in [5, 5.41) is 11.6. The summed E-state index contributed by atoms with van der Waals surface area (Å²) in [6, 6.07) is 21.1. The van der Waals surface area contributed by atoms with Crippen LogP contribution in [0, 0.1) is 10.1 Å². The zero-order valence-electron chi connectivity index (χ0n) is 14.7. The van der Waals surface area contributed by atoms with Crippen LogP contribution >= 0.6 is 0 Å². The molecule has 136 valence electrons. The predicted octanol–water partition coefficient (Wildman–Crippen LogP) is 4.68. The van der Waals surface area contributed by atoms with Gasteiger partial charge in [-0.05, 0) is 23.8 Å². The molecule has 2 aromatic carbocycles. The summed E-state index contributed by atoms with van der Waals surface area (Å²) in [5.41, 5.74) is 2.75. The van der Waals surface area contributed by atoms with E-state index in [9.17, 15) is 14.9 Å². The maximum absolute atomic E-state index is 12.9. The quantitative estimate of drug-likeness (QED) is 0.418. The van der Waals surface area contributed by atoms with Gasteiger partial charge in [0.1, 0.15) is 0 Å². The normalized spacial score (nSPS) is 10.6. The first kappa shape index (κ1) is 17.4. The van der Waals surface area contributed by atoms with Crippen LogP contribution in [0.15, 0.2) is 90.0 Å². The molecule has 2 heterocycles. The summed E-state index contributed by atoms with van der Waals surface area (Å²) in [6.45, 7) is 0. The number of pyridine rings is 2. The van der Waals surface area contributed by atoms with Crippen LogP contribution < -0.4 is 5.56 Å². The molecule has 0 unspecified atom stereocenters. The van der Waals surface area contributed by atoms with E-state index in [0.717, 1.165) is 5.56 Å². The molecule has 4 aromatic rings. The number of hydrogen-bond acceptors (Lipinski definition) is 4. The van der Waals surface area contributed by atoms with Crippen LogP contribution in [0.5, 0.6) is 0 Å². The number of nitro groups is 1. The summed E-state index contributed by atoms with van der Waals surface area (Å²) in [7, 11) is 0. The standard InChI is InChI=1S/C22H15N3O3/c26-22-21(16-10-4-5-12-19(16)25(27)28)20(15-8-2-1-3-9-15)17(14-24-22)18-11-6-7-13-23-18/h1-14H,(H,24,26). The third-order valence-corrected chi connectivity index (χ3v) is 4.47. The highest BCUT2D eigenvalue weighted by Crippen LogP contribution is 2.39. The maximum atomic E-state index is 12.9. The number of H-pyrrole nitrogens is 1. The molecule has 6 nitrogen and oxygen atoms in total. The Kier molecular flexibility index (Phi) is 4.51. The minimum Gasteiger partial charge on any atom is -0.328 e. The number of aromatic amines is 1. The highest BCUT2D eigenvalue weighted by atomic mass is 16.6. The Morgan fingerprint density at radius 1 is 0.821 bits per heavy atom. The number of nitrogens with zero attached hydrogens (tertiary/aromatic N) is 2. The average molecular weight is 369 g/mol. The first-order valence-electron chi connectivity index (χ1n) is 8.63. The highest BCUT2D eigenvalue weighted by Gasteiger charge is 2.23. The molecule has 28 heavy (non-hydrogen) atoms. The number of para-hydroxylation sites is 1. The first-order valence-corrected chi connectivity index (χ1v) is 8.63. The van der Waals surface area contributed by atoms with E-state index < -0.39 is 10.5 Å². The van der Waals surface area contributed by atoms with Gasteiger partial charge in [0.25, 0.3) is 11.2 Å². The van der Waals surface area contributed by atoms with E-state index in [4.69, 9.17) is 0 Å². The second-order valence-corrected chi connectivity index (χ2v) is 6.14. The molecule has 0 bridgehead atoms. The molecule has 0 aliphatic rings. The summed E-state index contributed by atoms with van der Waals surface area (Å²) in [6.07, 6.45) is 3.27. The van der Waals surface area contributed by atoms with Crippen molar-refractivity contribution in [1.29, 1.82) is 0 Å².